The Bertz CT molecular complexity index is 497. The van der Waals surface area contributed by atoms with Crippen molar-refractivity contribution in [3.8, 4) is 0 Å². The largest absolute Gasteiger partial charge is 0.345 e. The molecule has 0 spiro atoms. The van der Waals surface area contributed by atoms with Gasteiger partial charge in [-0.2, -0.15) is 0 Å². The summed E-state index contributed by atoms with van der Waals surface area (Å²) in [6.07, 6.45) is 0. The molecule has 2 aromatic rings. The van der Waals surface area contributed by atoms with E-state index in [9.17, 15) is 4.39 Å². The van der Waals surface area contributed by atoms with E-state index < -0.39 is 0 Å². The molecule has 0 aliphatic heterocycles. The van der Waals surface area contributed by atoms with Crippen LogP contribution in [0.2, 0.25) is 5.02 Å². The van der Waals surface area contributed by atoms with E-state index in [0.29, 0.717) is 0 Å². The summed E-state index contributed by atoms with van der Waals surface area (Å²) in [4.78, 5) is 0. The topological polar surface area (TPSA) is 4.93 Å². The Hall–Kier alpha value is -1.28. The lowest BCUT2D eigenvalue weighted by Gasteiger charge is -2.09. The molecule has 3 heteroatoms. The number of hydrogen-bond acceptors (Lipinski definition) is 0. The molecule has 0 saturated carbocycles. The highest BCUT2D eigenvalue weighted by molar-refractivity contribution is 6.30. The number of hydrogen-bond donors (Lipinski definition) is 0. The Morgan fingerprint density at radius 3 is 2.31 bits per heavy atom. The maximum Gasteiger partial charge on any atom is 0.141 e. The molecule has 1 heterocycles. The summed E-state index contributed by atoms with van der Waals surface area (Å²) >= 11 is 5.75. The van der Waals surface area contributed by atoms with Crippen molar-refractivity contribution in [3.05, 3.63) is 58.1 Å². The third-order valence-corrected chi connectivity index (χ3v) is 3.03. The smallest absolute Gasteiger partial charge is 0.141 e. The predicted molar refractivity (Wildman–Crippen MR) is 64.4 cm³/mol. The zero-order valence-corrected chi connectivity index (χ0v) is 10.1. The number of nitrogens with zero attached hydrogens (tertiary/aromatic N) is 1. The molecule has 0 saturated heterocycles. The summed E-state index contributed by atoms with van der Waals surface area (Å²) in [5.41, 5.74) is 3.39. The molecule has 0 unspecified atom stereocenters. The van der Waals surface area contributed by atoms with Gasteiger partial charge < -0.3 is 4.57 Å². The maximum atomic E-state index is 13.0. The van der Waals surface area contributed by atoms with Gasteiger partial charge in [0.25, 0.3) is 0 Å². The average molecular weight is 238 g/mol. The third kappa shape index (κ3) is 2.12. The van der Waals surface area contributed by atoms with E-state index in [2.05, 4.69) is 30.5 Å². The van der Waals surface area contributed by atoms with Crippen LogP contribution in [0.5, 0.6) is 0 Å². The molecular formula is C13H13ClFN. The normalized spacial score (nSPS) is 10.8. The summed E-state index contributed by atoms with van der Waals surface area (Å²) in [7, 11) is 0. The van der Waals surface area contributed by atoms with Gasteiger partial charge in [0.15, 0.2) is 0 Å². The highest BCUT2D eigenvalue weighted by Crippen LogP contribution is 2.18. The van der Waals surface area contributed by atoms with Gasteiger partial charge in [-0.1, -0.05) is 17.7 Å². The van der Waals surface area contributed by atoms with Gasteiger partial charge in [0.05, 0.1) is 5.02 Å². The molecule has 1 nitrogen and oxygen atoms in total. The first-order chi connectivity index (χ1) is 7.58. The van der Waals surface area contributed by atoms with E-state index in [4.69, 9.17) is 11.6 Å². The molecule has 1 aromatic carbocycles. The molecule has 0 bridgehead atoms. The van der Waals surface area contributed by atoms with Crippen LogP contribution in [-0.2, 0) is 6.54 Å². The average Bonchev–Trinajstić information content (AvgIpc) is 2.55. The van der Waals surface area contributed by atoms with Crippen LogP contribution in [0.4, 0.5) is 4.39 Å². The van der Waals surface area contributed by atoms with Crippen LogP contribution in [-0.4, -0.2) is 4.57 Å². The Labute approximate surface area is 99.5 Å². The fourth-order valence-corrected chi connectivity index (χ4v) is 1.97. The van der Waals surface area contributed by atoms with Crippen LogP contribution < -0.4 is 0 Å². The minimum atomic E-state index is -0.369. The Morgan fingerprint density at radius 1 is 1.12 bits per heavy atom. The van der Waals surface area contributed by atoms with Gasteiger partial charge >= 0.3 is 0 Å². The lowest BCUT2D eigenvalue weighted by Crippen LogP contribution is -2.03. The quantitative estimate of drug-likeness (QED) is 0.746. The summed E-state index contributed by atoms with van der Waals surface area (Å²) in [6, 6.07) is 8.99. The van der Waals surface area contributed by atoms with E-state index in [-0.39, 0.29) is 10.8 Å². The lowest BCUT2D eigenvalue weighted by atomic mass is 10.2. The summed E-state index contributed by atoms with van der Waals surface area (Å²) in [6.45, 7) is 4.83. The fourth-order valence-electron chi connectivity index (χ4n) is 1.77. The lowest BCUT2D eigenvalue weighted by molar-refractivity contribution is 0.626. The van der Waals surface area contributed by atoms with Gasteiger partial charge in [0.2, 0.25) is 0 Å². The standard InChI is InChI=1S/C13H13ClFN/c1-9-3-4-10(2)16(9)8-11-5-6-13(15)12(14)7-11/h3-7H,8H2,1-2H3. The van der Waals surface area contributed by atoms with Crippen molar-refractivity contribution in [2.75, 3.05) is 0 Å². The van der Waals surface area contributed by atoms with Crippen molar-refractivity contribution < 1.29 is 4.39 Å². The SMILES string of the molecule is Cc1ccc(C)n1Cc1ccc(F)c(Cl)c1. The maximum absolute atomic E-state index is 13.0. The summed E-state index contributed by atoms with van der Waals surface area (Å²) < 4.78 is 15.2. The Balaban J connectivity index is 2.31. The van der Waals surface area contributed by atoms with E-state index in [1.807, 2.05) is 0 Å². The second-order valence-electron chi connectivity index (χ2n) is 3.95. The third-order valence-electron chi connectivity index (χ3n) is 2.74. The Kier molecular flexibility index (Phi) is 3.01. The number of benzene rings is 1. The van der Waals surface area contributed by atoms with Gasteiger partial charge in [0, 0.05) is 17.9 Å². The van der Waals surface area contributed by atoms with Crippen LogP contribution in [0, 0.1) is 19.7 Å². The molecule has 0 atom stereocenters. The second kappa shape index (κ2) is 4.30. The molecular weight excluding hydrogens is 225 g/mol. The van der Waals surface area contributed by atoms with Gasteiger partial charge in [0.1, 0.15) is 5.82 Å². The van der Waals surface area contributed by atoms with Gasteiger partial charge in [-0.15, -0.1) is 0 Å². The van der Waals surface area contributed by atoms with Gasteiger partial charge in [-0.05, 0) is 43.7 Å². The molecule has 2 rings (SSSR count). The fraction of sp³-hybridized carbons (Fsp3) is 0.231. The van der Waals surface area contributed by atoms with Crippen LogP contribution in [0.3, 0.4) is 0 Å². The van der Waals surface area contributed by atoms with Crippen LogP contribution in [0.1, 0.15) is 17.0 Å². The molecule has 16 heavy (non-hydrogen) atoms. The number of aryl methyl sites for hydroxylation is 2. The molecule has 1 aromatic heterocycles. The van der Waals surface area contributed by atoms with Crippen molar-refractivity contribution in [1.29, 1.82) is 0 Å². The monoisotopic (exact) mass is 237 g/mol. The highest BCUT2D eigenvalue weighted by Gasteiger charge is 2.04. The second-order valence-corrected chi connectivity index (χ2v) is 4.36. The van der Waals surface area contributed by atoms with Gasteiger partial charge in [-0.25, -0.2) is 4.39 Å². The first-order valence-electron chi connectivity index (χ1n) is 5.14. The minimum absolute atomic E-state index is 0.181. The number of halogens is 2. The van der Waals surface area contributed by atoms with Gasteiger partial charge in [-0.3, -0.25) is 0 Å². The van der Waals surface area contributed by atoms with E-state index in [1.165, 1.54) is 17.5 Å². The molecule has 0 amide bonds. The summed E-state index contributed by atoms with van der Waals surface area (Å²) in [5, 5.41) is 0.181. The number of aromatic nitrogens is 1. The zero-order valence-electron chi connectivity index (χ0n) is 9.30. The highest BCUT2D eigenvalue weighted by atomic mass is 35.5. The molecule has 0 N–H and O–H groups in total. The first kappa shape index (κ1) is 11.2. The molecule has 0 aliphatic carbocycles. The minimum Gasteiger partial charge on any atom is -0.345 e. The molecule has 0 fully saturated rings. The zero-order chi connectivity index (χ0) is 11.7. The van der Waals surface area contributed by atoms with Crippen molar-refractivity contribution in [2.24, 2.45) is 0 Å². The van der Waals surface area contributed by atoms with Crippen LogP contribution in [0.15, 0.2) is 30.3 Å². The van der Waals surface area contributed by atoms with E-state index in [0.717, 1.165) is 12.1 Å². The predicted octanol–water partition coefficient (Wildman–Crippen LogP) is 3.95. The summed E-state index contributed by atoms with van der Waals surface area (Å²) in [5.74, 6) is -0.369. The van der Waals surface area contributed by atoms with E-state index >= 15 is 0 Å². The van der Waals surface area contributed by atoms with Crippen molar-refractivity contribution >= 4 is 11.6 Å². The first-order valence-corrected chi connectivity index (χ1v) is 5.52. The van der Waals surface area contributed by atoms with Crippen LogP contribution in [0.25, 0.3) is 0 Å². The van der Waals surface area contributed by atoms with Crippen molar-refractivity contribution in [3.63, 3.8) is 0 Å². The molecule has 84 valence electrons. The number of rotatable bonds is 2. The van der Waals surface area contributed by atoms with Crippen LogP contribution >= 0.6 is 11.6 Å². The Morgan fingerprint density at radius 2 is 1.75 bits per heavy atom. The molecule has 0 radical (unpaired) electrons. The van der Waals surface area contributed by atoms with E-state index in [1.54, 1.807) is 12.1 Å². The van der Waals surface area contributed by atoms with Crippen molar-refractivity contribution in [1.82, 2.24) is 4.57 Å². The molecule has 0 aliphatic rings. The van der Waals surface area contributed by atoms with Crippen molar-refractivity contribution in [2.45, 2.75) is 20.4 Å².